The third kappa shape index (κ3) is 5.70. The normalized spacial score (nSPS) is 16.4. The summed E-state index contributed by atoms with van der Waals surface area (Å²) >= 11 is 0. The topological polar surface area (TPSA) is 59.0 Å². The smallest absolute Gasteiger partial charge is 0.335 e. The molecule has 0 aliphatic carbocycles. The lowest BCUT2D eigenvalue weighted by Crippen LogP contribution is -2.44. The second-order valence-electron chi connectivity index (χ2n) is 7.58. The first-order chi connectivity index (χ1) is 13.9. The molecule has 2 aromatic rings. The van der Waals surface area contributed by atoms with Crippen LogP contribution >= 0.6 is 0 Å². The van der Waals surface area contributed by atoms with Crippen LogP contribution in [0.5, 0.6) is 11.5 Å². The Bertz CT molecular complexity index is 829. The van der Waals surface area contributed by atoms with Crippen molar-refractivity contribution in [2.75, 3.05) is 26.3 Å². The number of carbonyl (C=O) groups is 1. The lowest BCUT2D eigenvalue weighted by molar-refractivity contribution is 0.0152. The van der Waals surface area contributed by atoms with Crippen molar-refractivity contribution in [2.45, 2.75) is 38.9 Å². The molecule has 29 heavy (non-hydrogen) atoms. The van der Waals surface area contributed by atoms with Crippen LogP contribution in [0.15, 0.2) is 42.5 Å². The van der Waals surface area contributed by atoms with E-state index in [-0.39, 0.29) is 12.2 Å². The van der Waals surface area contributed by atoms with Crippen LogP contribution in [0.4, 0.5) is 4.39 Å². The fraction of sp³-hybridized carbons (Fsp3) is 0.435. The number of rotatable bonds is 8. The minimum Gasteiger partial charge on any atom is -0.494 e. The Morgan fingerprint density at radius 3 is 2.45 bits per heavy atom. The summed E-state index contributed by atoms with van der Waals surface area (Å²) in [5.74, 6) is 0.398. The molecule has 1 N–H and O–H groups in total. The summed E-state index contributed by atoms with van der Waals surface area (Å²) in [6, 6.07) is 12.3. The van der Waals surface area contributed by atoms with Crippen molar-refractivity contribution in [1.82, 2.24) is 4.90 Å². The molecule has 0 saturated carbocycles. The second kappa shape index (κ2) is 9.27. The van der Waals surface area contributed by atoms with E-state index in [1.165, 1.54) is 17.7 Å². The van der Waals surface area contributed by atoms with E-state index in [1.807, 2.05) is 13.8 Å². The summed E-state index contributed by atoms with van der Waals surface area (Å²) in [5, 5.41) is 8.92. The van der Waals surface area contributed by atoms with Crippen molar-refractivity contribution < 1.29 is 23.8 Å². The van der Waals surface area contributed by atoms with Gasteiger partial charge in [0.1, 0.15) is 23.8 Å². The Morgan fingerprint density at radius 2 is 1.83 bits per heavy atom. The van der Waals surface area contributed by atoms with E-state index in [2.05, 4.69) is 23.1 Å². The van der Waals surface area contributed by atoms with Gasteiger partial charge in [-0.05, 0) is 68.1 Å². The number of carboxylic acid groups (broad SMARTS) is 1. The number of ether oxygens (including phenoxy) is 2. The first kappa shape index (κ1) is 21.1. The zero-order chi connectivity index (χ0) is 20.9. The maximum absolute atomic E-state index is 15.1. The molecule has 0 aromatic heterocycles. The van der Waals surface area contributed by atoms with Crippen LogP contribution in [0.25, 0.3) is 0 Å². The highest BCUT2D eigenvalue weighted by atomic mass is 19.1. The second-order valence-corrected chi connectivity index (χ2v) is 7.58. The molecule has 0 bridgehead atoms. The van der Waals surface area contributed by atoms with E-state index >= 15 is 4.39 Å². The van der Waals surface area contributed by atoms with Crippen molar-refractivity contribution >= 4 is 5.97 Å². The molecule has 0 amide bonds. The molecule has 1 fully saturated rings. The molecule has 6 heteroatoms. The lowest BCUT2D eigenvalue weighted by Gasteiger charge is -2.36. The molecule has 0 radical (unpaired) electrons. The zero-order valence-corrected chi connectivity index (χ0v) is 17.0. The van der Waals surface area contributed by atoms with Gasteiger partial charge in [0.2, 0.25) is 0 Å². The standard InChI is InChI=1S/C23H28FNO4/c1-3-28-21-14-18(5-4-17(21)2)15-25-12-10-23(24,11-13-25)16-29-20-8-6-19(7-9-20)22(26)27/h4-9,14H,3,10-13,15-16H2,1-2H3,(H,26,27). The first-order valence-corrected chi connectivity index (χ1v) is 9.98. The minimum absolute atomic E-state index is 0.0215. The van der Waals surface area contributed by atoms with Crippen molar-refractivity contribution in [3.8, 4) is 11.5 Å². The van der Waals surface area contributed by atoms with Gasteiger partial charge in [-0.1, -0.05) is 12.1 Å². The van der Waals surface area contributed by atoms with E-state index in [0.29, 0.717) is 38.3 Å². The van der Waals surface area contributed by atoms with Crippen molar-refractivity contribution in [2.24, 2.45) is 0 Å². The summed E-state index contributed by atoms with van der Waals surface area (Å²) in [7, 11) is 0. The Kier molecular flexibility index (Phi) is 6.75. The van der Waals surface area contributed by atoms with E-state index in [4.69, 9.17) is 14.6 Å². The van der Waals surface area contributed by atoms with Gasteiger partial charge in [0.05, 0.1) is 12.2 Å². The Hall–Kier alpha value is -2.60. The molecule has 156 valence electrons. The van der Waals surface area contributed by atoms with Crippen molar-refractivity contribution in [3.63, 3.8) is 0 Å². The number of hydrogen-bond donors (Lipinski definition) is 1. The highest BCUT2D eigenvalue weighted by molar-refractivity contribution is 5.87. The maximum atomic E-state index is 15.1. The Balaban J connectivity index is 1.50. The number of aryl methyl sites for hydroxylation is 1. The average molecular weight is 401 g/mol. The van der Waals surface area contributed by atoms with Crippen LogP contribution in [0, 0.1) is 6.92 Å². The van der Waals surface area contributed by atoms with Gasteiger partial charge in [-0.15, -0.1) is 0 Å². The molecular formula is C23H28FNO4. The fourth-order valence-corrected chi connectivity index (χ4v) is 3.47. The van der Waals surface area contributed by atoms with Crippen LogP contribution in [-0.2, 0) is 6.54 Å². The monoisotopic (exact) mass is 401 g/mol. The predicted octanol–water partition coefficient (Wildman–Crippen LogP) is 4.48. The maximum Gasteiger partial charge on any atom is 0.335 e. The number of halogens is 1. The van der Waals surface area contributed by atoms with E-state index < -0.39 is 11.6 Å². The molecule has 1 heterocycles. The molecule has 0 atom stereocenters. The fourth-order valence-electron chi connectivity index (χ4n) is 3.47. The van der Waals surface area contributed by atoms with E-state index in [0.717, 1.165) is 17.9 Å². The summed E-state index contributed by atoms with van der Waals surface area (Å²) in [5.41, 5.74) is 1.10. The van der Waals surface area contributed by atoms with Gasteiger partial charge in [0, 0.05) is 19.6 Å². The van der Waals surface area contributed by atoms with Crippen LogP contribution in [0.3, 0.4) is 0 Å². The van der Waals surface area contributed by atoms with Crippen LogP contribution in [-0.4, -0.2) is 47.9 Å². The summed E-state index contributed by atoms with van der Waals surface area (Å²) < 4.78 is 26.4. The molecular weight excluding hydrogens is 373 g/mol. The van der Waals surface area contributed by atoms with Gasteiger partial charge in [-0.2, -0.15) is 0 Å². The van der Waals surface area contributed by atoms with Crippen LogP contribution in [0.2, 0.25) is 0 Å². The molecule has 0 unspecified atom stereocenters. The molecule has 2 aromatic carbocycles. The Morgan fingerprint density at radius 1 is 1.14 bits per heavy atom. The number of aromatic carboxylic acids is 1. The number of nitrogens with zero attached hydrogens (tertiary/aromatic N) is 1. The van der Waals surface area contributed by atoms with Gasteiger partial charge in [-0.25, -0.2) is 9.18 Å². The van der Waals surface area contributed by atoms with Crippen molar-refractivity contribution in [1.29, 1.82) is 0 Å². The summed E-state index contributed by atoms with van der Waals surface area (Å²) in [6.07, 6.45) is 0.814. The highest BCUT2D eigenvalue weighted by Crippen LogP contribution is 2.29. The molecule has 1 aliphatic rings. The van der Waals surface area contributed by atoms with Crippen LogP contribution < -0.4 is 9.47 Å². The number of likely N-dealkylation sites (tertiary alicyclic amines) is 1. The molecule has 0 spiro atoms. The average Bonchev–Trinajstić information content (AvgIpc) is 2.71. The van der Waals surface area contributed by atoms with Gasteiger partial charge in [0.25, 0.3) is 0 Å². The Labute approximate surface area is 171 Å². The van der Waals surface area contributed by atoms with E-state index in [9.17, 15) is 4.79 Å². The third-order valence-electron chi connectivity index (χ3n) is 5.31. The molecule has 3 rings (SSSR count). The summed E-state index contributed by atoms with van der Waals surface area (Å²) in [4.78, 5) is 13.1. The molecule has 1 aliphatic heterocycles. The SMILES string of the molecule is CCOc1cc(CN2CCC(F)(COc3ccc(C(=O)O)cc3)CC2)ccc1C. The third-order valence-corrected chi connectivity index (χ3v) is 5.31. The van der Waals surface area contributed by atoms with Gasteiger partial charge >= 0.3 is 5.97 Å². The largest absolute Gasteiger partial charge is 0.494 e. The zero-order valence-electron chi connectivity index (χ0n) is 17.0. The first-order valence-electron chi connectivity index (χ1n) is 9.98. The predicted molar refractivity (Wildman–Crippen MR) is 110 cm³/mol. The van der Waals surface area contributed by atoms with Gasteiger partial charge in [0.15, 0.2) is 0 Å². The summed E-state index contributed by atoms with van der Waals surface area (Å²) in [6.45, 7) is 6.71. The number of hydrogen-bond acceptors (Lipinski definition) is 4. The molecule has 5 nitrogen and oxygen atoms in total. The number of benzene rings is 2. The van der Waals surface area contributed by atoms with Gasteiger partial charge in [-0.3, -0.25) is 4.90 Å². The highest BCUT2D eigenvalue weighted by Gasteiger charge is 2.35. The van der Waals surface area contributed by atoms with E-state index in [1.54, 1.807) is 12.1 Å². The molecule has 1 saturated heterocycles. The van der Waals surface area contributed by atoms with Crippen molar-refractivity contribution in [3.05, 3.63) is 59.2 Å². The quantitative estimate of drug-likeness (QED) is 0.707. The van der Waals surface area contributed by atoms with Gasteiger partial charge < -0.3 is 14.6 Å². The lowest BCUT2D eigenvalue weighted by atomic mass is 9.94. The number of carboxylic acids is 1. The van der Waals surface area contributed by atoms with Crippen LogP contribution in [0.1, 0.15) is 41.3 Å². The minimum atomic E-state index is -1.37. The number of piperidine rings is 1. The number of alkyl halides is 1.